The van der Waals surface area contributed by atoms with E-state index >= 15 is 0 Å². The first-order valence-electron chi connectivity index (χ1n) is 4.76. The Labute approximate surface area is 98.6 Å². The quantitative estimate of drug-likeness (QED) is 0.801. The number of carbonyl (C=O) groups excluding carboxylic acids is 1. The number of halogens is 3. The van der Waals surface area contributed by atoms with E-state index in [4.69, 9.17) is 4.42 Å². The van der Waals surface area contributed by atoms with Crippen LogP contribution in [0.1, 0.15) is 16.1 Å². The number of esters is 1. The molecule has 0 saturated heterocycles. The van der Waals surface area contributed by atoms with Crippen LogP contribution in [0.2, 0.25) is 0 Å². The molecule has 1 N–H and O–H groups in total. The van der Waals surface area contributed by atoms with Gasteiger partial charge in [0.05, 0.1) is 12.5 Å². The molecule has 4 nitrogen and oxygen atoms in total. The van der Waals surface area contributed by atoms with Gasteiger partial charge in [0, 0.05) is 0 Å². The molecule has 0 spiro atoms. The summed E-state index contributed by atoms with van der Waals surface area (Å²) in [6.07, 6.45) is -4.84. The number of phenolic OH excluding ortho intramolecular Hbond substituents is 1. The van der Waals surface area contributed by atoms with Crippen molar-refractivity contribution in [1.82, 2.24) is 0 Å². The Bertz CT molecular complexity index is 613. The standard InChI is InChI=1S/C11H7F3O4/c1-17-10(16)9-8(11(12,13)14)7-5(15)3-2-4-6(7)18-9/h2-4,15H,1H3. The molecule has 96 valence electrons. The molecular formula is C11H7F3O4. The van der Waals surface area contributed by atoms with Gasteiger partial charge in [-0.15, -0.1) is 0 Å². The van der Waals surface area contributed by atoms with Crippen molar-refractivity contribution in [3.05, 3.63) is 29.5 Å². The molecule has 0 fully saturated rings. The van der Waals surface area contributed by atoms with E-state index in [0.29, 0.717) is 0 Å². The summed E-state index contributed by atoms with van der Waals surface area (Å²) >= 11 is 0. The van der Waals surface area contributed by atoms with Gasteiger partial charge < -0.3 is 14.3 Å². The summed E-state index contributed by atoms with van der Waals surface area (Å²) in [5, 5.41) is 8.92. The number of aromatic hydroxyl groups is 1. The minimum absolute atomic E-state index is 0.234. The topological polar surface area (TPSA) is 59.7 Å². The van der Waals surface area contributed by atoms with Crippen molar-refractivity contribution in [1.29, 1.82) is 0 Å². The van der Waals surface area contributed by atoms with Crippen molar-refractivity contribution in [2.45, 2.75) is 6.18 Å². The first-order valence-corrected chi connectivity index (χ1v) is 4.76. The van der Waals surface area contributed by atoms with Crippen LogP contribution in [0, 0.1) is 0 Å². The van der Waals surface area contributed by atoms with E-state index in [1.165, 1.54) is 12.1 Å². The van der Waals surface area contributed by atoms with Gasteiger partial charge in [-0.05, 0) is 12.1 Å². The lowest BCUT2D eigenvalue weighted by molar-refractivity contribution is -0.137. The first kappa shape index (κ1) is 12.3. The molecule has 2 rings (SSSR count). The zero-order chi connectivity index (χ0) is 13.5. The summed E-state index contributed by atoms with van der Waals surface area (Å²) in [5.74, 6) is -2.84. The molecule has 0 aliphatic carbocycles. The molecule has 0 bridgehead atoms. The summed E-state index contributed by atoms with van der Waals surface area (Å²) in [6, 6.07) is 3.60. The third-order valence-electron chi connectivity index (χ3n) is 2.35. The van der Waals surface area contributed by atoms with Crippen molar-refractivity contribution in [3.8, 4) is 5.75 Å². The smallest absolute Gasteiger partial charge is 0.421 e. The SMILES string of the molecule is COC(=O)c1oc2cccc(O)c2c1C(F)(F)F. The zero-order valence-electron chi connectivity index (χ0n) is 9.04. The summed E-state index contributed by atoms with van der Waals surface area (Å²) in [7, 11) is 0.940. The second kappa shape index (κ2) is 3.94. The number of alkyl halides is 3. The van der Waals surface area contributed by atoms with Crippen LogP contribution in [0.15, 0.2) is 22.6 Å². The molecular weight excluding hydrogens is 253 g/mol. The minimum atomic E-state index is -4.84. The second-order valence-corrected chi connectivity index (χ2v) is 3.45. The summed E-state index contributed by atoms with van der Waals surface area (Å²) in [4.78, 5) is 11.3. The number of fused-ring (bicyclic) bond motifs is 1. The van der Waals surface area contributed by atoms with Gasteiger partial charge in [0.15, 0.2) is 0 Å². The van der Waals surface area contributed by atoms with Gasteiger partial charge in [0.25, 0.3) is 0 Å². The number of furan rings is 1. The Kier molecular flexibility index (Phi) is 2.68. The summed E-state index contributed by atoms with van der Waals surface area (Å²) in [5.41, 5.74) is -1.56. The second-order valence-electron chi connectivity index (χ2n) is 3.45. The van der Waals surface area contributed by atoms with Gasteiger partial charge in [-0.1, -0.05) is 6.07 Å². The van der Waals surface area contributed by atoms with Crippen LogP contribution in [0.3, 0.4) is 0 Å². The fourth-order valence-electron chi connectivity index (χ4n) is 1.64. The monoisotopic (exact) mass is 260 g/mol. The lowest BCUT2D eigenvalue weighted by Crippen LogP contribution is -2.12. The number of rotatable bonds is 1. The Hall–Kier alpha value is -2.18. The fourth-order valence-corrected chi connectivity index (χ4v) is 1.64. The number of phenols is 1. The van der Waals surface area contributed by atoms with E-state index in [1.807, 2.05) is 0 Å². The fraction of sp³-hybridized carbons (Fsp3) is 0.182. The molecule has 0 aliphatic heterocycles. The Morgan fingerprint density at radius 3 is 2.61 bits per heavy atom. The number of hydrogen-bond acceptors (Lipinski definition) is 4. The van der Waals surface area contributed by atoms with E-state index < -0.39 is 34.6 Å². The molecule has 0 atom stereocenters. The molecule has 7 heteroatoms. The van der Waals surface area contributed by atoms with Crippen LogP contribution >= 0.6 is 0 Å². The molecule has 0 aliphatic rings. The van der Waals surface area contributed by atoms with Gasteiger partial charge in [0.2, 0.25) is 5.76 Å². The molecule has 1 aromatic heterocycles. The number of benzene rings is 1. The predicted molar refractivity (Wildman–Crippen MR) is 54.2 cm³/mol. The maximum absolute atomic E-state index is 12.9. The Morgan fingerprint density at radius 1 is 1.39 bits per heavy atom. The van der Waals surface area contributed by atoms with Crippen molar-refractivity contribution < 1.29 is 32.2 Å². The van der Waals surface area contributed by atoms with E-state index in [9.17, 15) is 23.1 Å². The van der Waals surface area contributed by atoms with Gasteiger partial charge in [-0.2, -0.15) is 13.2 Å². The number of carbonyl (C=O) groups is 1. The van der Waals surface area contributed by atoms with Crippen molar-refractivity contribution in [2.24, 2.45) is 0 Å². The highest BCUT2D eigenvalue weighted by Crippen LogP contribution is 2.42. The maximum atomic E-state index is 12.9. The third kappa shape index (κ3) is 1.77. The van der Waals surface area contributed by atoms with E-state index in [2.05, 4.69) is 4.74 Å². The van der Waals surface area contributed by atoms with Crippen LogP contribution in [0.25, 0.3) is 11.0 Å². The molecule has 18 heavy (non-hydrogen) atoms. The predicted octanol–water partition coefficient (Wildman–Crippen LogP) is 2.94. The van der Waals surface area contributed by atoms with Gasteiger partial charge in [0.1, 0.15) is 16.9 Å². The molecule has 0 unspecified atom stereocenters. The number of hydrogen-bond donors (Lipinski definition) is 1. The highest BCUT2D eigenvalue weighted by atomic mass is 19.4. The average Bonchev–Trinajstić information content (AvgIpc) is 2.68. The summed E-state index contributed by atoms with van der Waals surface area (Å²) < 4.78 is 47.8. The highest BCUT2D eigenvalue weighted by Gasteiger charge is 2.42. The lowest BCUT2D eigenvalue weighted by Gasteiger charge is -2.06. The summed E-state index contributed by atoms with van der Waals surface area (Å²) in [6.45, 7) is 0. The molecule has 2 aromatic rings. The van der Waals surface area contributed by atoms with Crippen molar-refractivity contribution >= 4 is 16.9 Å². The third-order valence-corrected chi connectivity index (χ3v) is 2.35. The highest BCUT2D eigenvalue weighted by molar-refractivity contribution is 5.98. The molecule has 0 radical (unpaired) electrons. The lowest BCUT2D eigenvalue weighted by atomic mass is 10.1. The average molecular weight is 260 g/mol. The minimum Gasteiger partial charge on any atom is -0.507 e. The number of ether oxygens (including phenoxy) is 1. The van der Waals surface area contributed by atoms with Crippen molar-refractivity contribution in [2.75, 3.05) is 7.11 Å². The van der Waals surface area contributed by atoms with E-state index in [0.717, 1.165) is 13.2 Å². The Balaban J connectivity index is 2.87. The van der Waals surface area contributed by atoms with Crippen LogP contribution in [-0.2, 0) is 10.9 Å². The van der Waals surface area contributed by atoms with E-state index in [-0.39, 0.29) is 5.58 Å². The first-order chi connectivity index (χ1) is 8.36. The Morgan fingerprint density at radius 2 is 2.06 bits per heavy atom. The maximum Gasteiger partial charge on any atom is 0.421 e. The normalized spacial score (nSPS) is 11.8. The number of methoxy groups -OCH3 is 1. The van der Waals surface area contributed by atoms with Crippen molar-refractivity contribution in [3.63, 3.8) is 0 Å². The zero-order valence-corrected chi connectivity index (χ0v) is 9.04. The molecule has 1 aromatic carbocycles. The largest absolute Gasteiger partial charge is 0.507 e. The molecule has 1 heterocycles. The van der Waals surface area contributed by atoms with E-state index in [1.54, 1.807) is 0 Å². The molecule has 0 amide bonds. The van der Waals surface area contributed by atoms with Gasteiger partial charge in [-0.3, -0.25) is 0 Å². The van der Waals surface area contributed by atoms with Gasteiger partial charge in [-0.25, -0.2) is 4.79 Å². The van der Waals surface area contributed by atoms with Crippen LogP contribution in [-0.4, -0.2) is 18.2 Å². The van der Waals surface area contributed by atoms with Crippen LogP contribution in [0.4, 0.5) is 13.2 Å². The molecule has 0 saturated carbocycles. The van der Waals surface area contributed by atoms with Crippen LogP contribution in [0.5, 0.6) is 5.75 Å². The van der Waals surface area contributed by atoms with Crippen LogP contribution < -0.4 is 0 Å². The van der Waals surface area contributed by atoms with Gasteiger partial charge >= 0.3 is 12.1 Å².